The zero-order valence-corrected chi connectivity index (χ0v) is 28.6. The van der Waals surface area contributed by atoms with E-state index in [0.29, 0.717) is 72.3 Å². The number of amides is 1. The van der Waals surface area contributed by atoms with Crippen LogP contribution in [0.15, 0.2) is 34.8 Å². The molecule has 1 saturated heterocycles. The highest BCUT2D eigenvalue weighted by atomic mass is 35.5. The number of piperazine rings is 1. The van der Waals surface area contributed by atoms with E-state index < -0.39 is 0 Å². The number of pyridine rings is 1. The van der Waals surface area contributed by atoms with Crippen LogP contribution in [0.1, 0.15) is 33.6 Å². The molecule has 1 amide bonds. The SMILES string of the molecule is CNc1ncc2cc(-c3c(Cl)c(OC)cc(OC)c3Cl)c(=O)n(CC3(CN4CCN(C(=O)/C(C#N)=C\C(C)(C)C)CC4)CC3)c2n1. The van der Waals surface area contributed by atoms with Gasteiger partial charge < -0.3 is 19.7 Å². The second-order valence-electron chi connectivity index (χ2n) is 13.1. The minimum atomic E-state index is -0.288. The third-order valence-electron chi connectivity index (χ3n) is 8.49. The van der Waals surface area contributed by atoms with Crippen LogP contribution in [0.5, 0.6) is 11.5 Å². The van der Waals surface area contributed by atoms with Crippen LogP contribution >= 0.6 is 23.2 Å². The Labute approximate surface area is 278 Å². The summed E-state index contributed by atoms with van der Waals surface area (Å²) in [4.78, 5) is 40.6. The first kappa shape index (κ1) is 33.5. The van der Waals surface area contributed by atoms with E-state index in [2.05, 4.69) is 26.3 Å². The van der Waals surface area contributed by atoms with Crippen LogP contribution in [-0.2, 0) is 11.3 Å². The minimum absolute atomic E-state index is 0.157. The Balaban J connectivity index is 1.45. The van der Waals surface area contributed by atoms with Crippen molar-refractivity contribution in [3.8, 4) is 28.7 Å². The Kier molecular flexibility index (Phi) is 9.55. The van der Waals surface area contributed by atoms with Gasteiger partial charge in [-0.3, -0.25) is 19.1 Å². The molecule has 2 aliphatic rings. The van der Waals surface area contributed by atoms with Crippen molar-refractivity contribution >= 4 is 46.1 Å². The molecule has 0 unspecified atom stereocenters. The lowest BCUT2D eigenvalue weighted by atomic mass is 9.93. The summed E-state index contributed by atoms with van der Waals surface area (Å²) in [6, 6.07) is 5.38. The van der Waals surface area contributed by atoms with E-state index >= 15 is 0 Å². The average Bonchev–Trinajstić information content (AvgIpc) is 3.80. The summed E-state index contributed by atoms with van der Waals surface area (Å²) in [7, 11) is 4.70. The molecule has 1 saturated carbocycles. The second-order valence-corrected chi connectivity index (χ2v) is 13.8. The summed E-state index contributed by atoms with van der Waals surface area (Å²) in [5, 5.41) is 13.6. The van der Waals surface area contributed by atoms with Gasteiger partial charge in [0.05, 0.1) is 29.8 Å². The Morgan fingerprint density at radius 3 is 2.24 bits per heavy atom. The second kappa shape index (κ2) is 13.1. The number of aromatic nitrogens is 3. The number of nitriles is 1. The van der Waals surface area contributed by atoms with Gasteiger partial charge in [-0.1, -0.05) is 50.0 Å². The van der Waals surface area contributed by atoms with Crippen molar-refractivity contribution in [2.45, 2.75) is 40.2 Å². The number of anilines is 1. The maximum Gasteiger partial charge on any atom is 0.264 e. The monoisotopic (exact) mass is 667 g/mol. The van der Waals surface area contributed by atoms with E-state index in [9.17, 15) is 14.9 Å². The molecule has 0 bridgehead atoms. The molecule has 13 heteroatoms. The van der Waals surface area contributed by atoms with Crippen LogP contribution in [0, 0.1) is 22.2 Å². The van der Waals surface area contributed by atoms with Gasteiger partial charge in [-0.2, -0.15) is 10.2 Å². The van der Waals surface area contributed by atoms with Gasteiger partial charge in [0.2, 0.25) is 5.95 Å². The largest absolute Gasteiger partial charge is 0.495 e. The van der Waals surface area contributed by atoms with E-state index in [-0.39, 0.29) is 37.9 Å². The van der Waals surface area contributed by atoms with Crippen molar-refractivity contribution < 1.29 is 14.3 Å². The number of fused-ring (bicyclic) bond motifs is 1. The molecule has 1 aromatic carbocycles. The van der Waals surface area contributed by atoms with E-state index in [1.165, 1.54) is 14.2 Å². The topological polar surface area (TPSA) is 126 Å². The van der Waals surface area contributed by atoms with Crippen LogP contribution in [0.4, 0.5) is 5.95 Å². The number of halogens is 2. The normalized spacial score (nSPS) is 16.7. The molecule has 5 rings (SSSR count). The van der Waals surface area contributed by atoms with Crippen LogP contribution in [0.3, 0.4) is 0 Å². The van der Waals surface area contributed by atoms with Gasteiger partial charge in [-0.25, -0.2) is 4.98 Å². The van der Waals surface area contributed by atoms with Crippen LogP contribution in [-0.4, -0.2) is 84.2 Å². The van der Waals surface area contributed by atoms with E-state index in [1.807, 2.05) is 20.8 Å². The van der Waals surface area contributed by atoms with Gasteiger partial charge in [-0.15, -0.1) is 0 Å². The fourth-order valence-corrected chi connectivity index (χ4v) is 6.64. The van der Waals surface area contributed by atoms with Crippen molar-refractivity contribution in [1.29, 1.82) is 5.26 Å². The van der Waals surface area contributed by atoms with Gasteiger partial charge >= 0.3 is 0 Å². The minimum Gasteiger partial charge on any atom is -0.495 e. The molecule has 2 aromatic heterocycles. The number of ether oxygens (including phenoxy) is 2. The Morgan fingerprint density at radius 1 is 1.09 bits per heavy atom. The number of carbonyl (C=O) groups excluding carboxylic acids is 1. The lowest BCUT2D eigenvalue weighted by molar-refractivity contribution is -0.128. The molecular formula is C33H39Cl2N7O4. The summed E-state index contributed by atoms with van der Waals surface area (Å²) < 4.78 is 12.6. The van der Waals surface area contributed by atoms with Gasteiger partial charge in [0.1, 0.15) is 28.8 Å². The number of hydrogen-bond acceptors (Lipinski definition) is 9. The average molecular weight is 669 g/mol. The van der Waals surface area contributed by atoms with Gasteiger partial charge in [-0.05, 0) is 24.3 Å². The van der Waals surface area contributed by atoms with E-state index in [4.69, 9.17) is 32.7 Å². The summed E-state index contributed by atoms with van der Waals surface area (Å²) in [6.45, 7) is 9.52. The summed E-state index contributed by atoms with van der Waals surface area (Å²) in [6.07, 6.45) is 5.29. The van der Waals surface area contributed by atoms with Crippen molar-refractivity contribution in [2.75, 3.05) is 59.3 Å². The van der Waals surface area contributed by atoms with Crippen molar-refractivity contribution in [3.05, 3.63) is 50.4 Å². The third kappa shape index (κ3) is 6.80. The number of hydrogen-bond donors (Lipinski definition) is 1. The molecular weight excluding hydrogens is 629 g/mol. The van der Waals surface area contributed by atoms with Crippen molar-refractivity contribution in [2.24, 2.45) is 10.8 Å². The fraction of sp³-hybridized carbons (Fsp3) is 0.485. The standard InChI is InChI=1S/C33H39Cl2N7O4/c1-32(2,3)15-21(16-36)29(43)41-11-9-40(10-12-41)18-33(7-8-33)19-42-28-20(17-38-31(37-4)39-28)13-22(30(42)44)25-26(34)23(45-5)14-24(46-6)27(25)35/h13-15,17H,7-12,18-19H2,1-6H3,(H,37,38,39)/b21-15-. The predicted molar refractivity (Wildman–Crippen MR) is 180 cm³/mol. The number of rotatable bonds is 9. The van der Waals surface area contributed by atoms with Crippen LogP contribution < -0.4 is 20.3 Å². The molecule has 0 radical (unpaired) electrons. The quantitative estimate of drug-likeness (QED) is 0.241. The highest BCUT2D eigenvalue weighted by Gasteiger charge is 2.45. The first-order valence-electron chi connectivity index (χ1n) is 15.2. The Bertz CT molecular complexity index is 1770. The Morgan fingerprint density at radius 2 is 1.72 bits per heavy atom. The first-order chi connectivity index (χ1) is 21.8. The molecule has 46 heavy (non-hydrogen) atoms. The molecule has 1 N–H and O–H groups in total. The summed E-state index contributed by atoms with van der Waals surface area (Å²) >= 11 is 13.5. The maximum absolute atomic E-state index is 14.4. The number of allylic oxidation sites excluding steroid dienone is 1. The van der Waals surface area contributed by atoms with Gasteiger partial charge in [0.15, 0.2) is 0 Å². The van der Waals surface area contributed by atoms with Crippen molar-refractivity contribution in [3.63, 3.8) is 0 Å². The maximum atomic E-state index is 14.4. The number of methoxy groups -OCH3 is 2. The molecule has 11 nitrogen and oxygen atoms in total. The van der Waals surface area contributed by atoms with Gasteiger partial charge in [0.25, 0.3) is 11.5 Å². The number of nitrogens with one attached hydrogen (secondary N) is 1. The highest BCUT2D eigenvalue weighted by molar-refractivity contribution is 6.41. The van der Waals surface area contributed by atoms with E-state index in [1.54, 1.807) is 40.9 Å². The zero-order chi connectivity index (χ0) is 33.4. The van der Waals surface area contributed by atoms with Crippen LogP contribution in [0.25, 0.3) is 22.2 Å². The lowest BCUT2D eigenvalue weighted by Crippen LogP contribution is -2.50. The zero-order valence-electron chi connectivity index (χ0n) is 27.0. The molecule has 1 aliphatic carbocycles. The van der Waals surface area contributed by atoms with Crippen molar-refractivity contribution in [1.82, 2.24) is 24.3 Å². The number of nitrogens with zero attached hydrogens (tertiary/aromatic N) is 6. The molecule has 3 aromatic rings. The first-order valence-corrected chi connectivity index (χ1v) is 15.9. The molecule has 244 valence electrons. The predicted octanol–water partition coefficient (Wildman–Crippen LogP) is 5.24. The highest BCUT2D eigenvalue weighted by Crippen LogP contribution is 2.49. The molecule has 0 atom stereocenters. The summed E-state index contributed by atoms with van der Waals surface area (Å²) in [5.41, 5.74) is 0.587. The molecule has 0 spiro atoms. The molecule has 3 heterocycles. The van der Waals surface area contributed by atoms with Gasteiger partial charge in [0, 0.05) is 74.9 Å². The third-order valence-corrected chi connectivity index (χ3v) is 9.24. The smallest absolute Gasteiger partial charge is 0.264 e. The molecule has 2 fully saturated rings. The number of benzene rings is 1. The number of carbonyl (C=O) groups is 1. The Hall–Kier alpha value is -3.85. The molecule has 1 aliphatic heterocycles. The van der Waals surface area contributed by atoms with E-state index in [0.717, 1.165) is 19.4 Å². The summed E-state index contributed by atoms with van der Waals surface area (Å²) in [5.74, 6) is 0.839. The van der Waals surface area contributed by atoms with Crippen LogP contribution in [0.2, 0.25) is 10.0 Å². The lowest BCUT2D eigenvalue weighted by Gasteiger charge is -2.37. The fourth-order valence-electron chi connectivity index (χ4n) is 5.93.